The van der Waals surface area contributed by atoms with Crippen LogP contribution >= 0.6 is 0 Å². The number of carbonyl (C=O) groups excluding carboxylic acids is 3. The summed E-state index contributed by atoms with van der Waals surface area (Å²) in [5, 5.41) is 5.26. The number of hydrogen-bond donors (Lipinski definition) is 2. The van der Waals surface area contributed by atoms with Crippen molar-refractivity contribution >= 4 is 23.5 Å². The molecule has 1 aromatic carbocycles. The Morgan fingerprint density at radius 2 is 1.86 bits per heavy atom. The Morgan fingerprint density at radius 1 is 1.19 bits per heavy atom. The van der Waals surface area contributed by atoms with Crippen LogP contribution in [0.3, 0.4) is 0 Å². The highest BCUT2D eigenvalue weighted by atomic mass is 16.5. The van der Waals surface area contributed by atoms with Gasteiger partial charge in [0.2, 0.25) is 5.91 Å². The Morgan fingerprint density at radius 3 is 2.43 bits per heavy atom. The van der Waals surface area contributed by atoms with Crippen LogP contribution in [0.5, 0.6) is 0 Å². The van der Waals surface area contributed by atoms with Crippen molar-refractivity contribution in [2.75, 3.05) is 11.9 Å². The van der Waals surface area contributed by atoms with Crippen LogP contribution in [0.2, 0.25) is 0 Å². The smallest absolute Gasteiger partial charge is 0.338 e. The van der Waals surface area contributed by atoms with E-state index in [-0.39, 0.29) is 29.5 Å². The molecule has 2 amide bonds. The number of ether oxygens (including phenoxy) is 1. The molecule has 0 saturated carbocycles. The van der Waals surface area contributed by atoms with Gasteiger partial charge in [-0.2, -0.15) is 0 Å². The maximum Gasteiger partial charge on any atom is 0.338 e. The van der Waals surface area contributed by atoms with Crippen molar-refractivity contribution < 1.29 is 19.1 Å². The molecule has 2 N–H and O–H groups in total. The Bertz CT molecular complexity index is 547. The molecule has 1 aromatic rings. The van der Waals surface area contributed by atoms with Gasteiger partial charge >= 0.3 is 5.97 Å². The Hall–Kier alpha value is -2.37. The number of rotatable bonds is 4. The zero-order valence-corrected chi connectivity index (χ0v) is 12.6. The van der Waals surface area contributed by atoms with Crippen LogP contribution in [0.25, 0.3) is 0 Å². The molecule has 0 spiro atoms. The zero-order chi connectivity index (χ0) is 16.0. The summed E-state index contributed by atoms with van der Waals surface area (Å²) in [6.07, 6.45) is 0. The maximum absolute atomic E-state index is 11.8. The van der Waals surface area contributed by atoms with Crippen molar-refractivity contribution in [3.05, 3.63) is 29.8 Å². The molecule has 0 saturated heterocycles. The van der Waals surface area contributed by atoms with Crippen molar-refractivity contribution in [3.63, 3.8) is 0 Å². The lowest BCUT2D eigenvalue weighted by Gasteiger charge is -2.20. The minimum atomic E-state index is -0.619. The molecule has 21 heavy (non-hydrogen) atoms. The molecule has 0 fully saturated rings. The van der Waals surface area contributed by atoms with Crippen LogP contribution in [0.1, 0.15) is 38.1 Å². The molecule has 0 bridgehead atoms. The number of anilines is 1. The van der Waals surface area contributed by atoms with E-state index in [0.29, 0.717) is 5.69 Å². The second-order valence-electron chi connectivity index (χ2n) is 5.64. The third-order valence-corrected chi connectivity index (χ3v) is 2.27. The van der Waals surface area contributed by atoms with Crippen molar-refractivity contribution in [2.45, 2.75) is 33.2 Å². The van der Waals surface area contributed by atoms with Crippen molar-refractivity contribution in [3.8, 4) is 0 Å². The first-order valence-corrected chi connectivity index (χ1v) is 6.53. The van der Waals surface area contributed by atoms with Gasteiger partial charge in [0, 0.05) is 18.2 Å². The molecular formula is C15H20N2O4. The zero-order valence-electron chi connectivity index (χ0n) is 12.6. The fourth-order valence-corrected chi connectivity index (χ4v) is 1.60. The molecule has 0 atom stereocenters. The molecular weight excluding hydrogens is 272 g/mol. The van der Waals surface area contributed by atoms with Gasteiger partial charge in [0.25, 0.3) is 5.91 Å². The highest BCUT2D eigenvalue weighted by molar-refractivity contribution is 5.94. The van der Waals surface area contributed by atoms with Gasteiger partial charge in [0.05, 0.1) is 5.56 Å². The van der Waals surface area contributed by atoms with Gasteiger partial charge in [0.15, 0.2) is 6.61 Å². The third-order valence-electron chi connectivity index (χ3n) is 2.27. The number of esters is 1. The highest BCUT2D eigenvalue weighted by Crippen LogP contribution is 2.11. The normalized spacial score (nSPS) is 10.7. The summed E-state index contributed by atoms with van der Waals surface area (Å²) >= 11 is 0. The Labute approximate surface area is 123 Å². The van der Waals surface area contributed by atoms with Crippen LogP contribution in [0.4, 0.5) is 5.69 Å². The first-order chi connectivity index (χ1) is 9.67. The maximum atomic E-state index is 11.8. The van der Waals surface area contributed by atoms with Gasteiger partial charge in [-0.1, -0.05) is 6.07 Å². The van der Waals surface area contributed by atoms with Crippen LogP contribution in [-0.4, -0.2) is 29.9 Å². The summed E-state index contributed by atoms with van der Waals surface area (Å²) in [7, 11) is 0. The van der Waals surface area contributed by atoms with Gasteiger partial charge in [-0.05, 0) is 39.0 Å². The predicted octanol–water partition coefficient (Wildman–Crippen LogP) is 1.72. The second-order valence-corrected chi connectivity index (χ2v) is 5.64. The van der Waals surface area contributed by atoms with E-state index in [1.165, 1.54) is 13.0 Å². The standard InChI is InChI=1S/C15H20N2O4/c1-10(18)16-12-7-5-6-11(8-12)14(20)21-9-13(19)17-15(2,3)4/h5-8H,9H2,1-4H3,(H,16,18)(H,17,19). The van der Waals surface area contributed by atoms with Crippen LogP contribution in [0, 0.1) is 0 Å². The lowest BCUT2D eigenvalue weighted by atomic mass is 10.1. The number of carbonyl (C=O) groups is 3. The first kappa shape index (κ1) is 16.7. The summed E-state index contributed by atoms with van der Waals surface area (Å²) in [4.78, 5) is 34.4. The largest absolute Gasteiger partial charge is 0.452 e. The molecule has 0 aliphatic heterocycles. The number of hydrogen-bond acceptors (Lipinski definition) is 4. The van der Waals surface area contributed by atoms with Crippen LogP contribution in [-0.2, 0) is 14.3 Å². The number of nitrogens with one attached hydrogen (secondary N) is 2. The van der Waals surface area contributed by atoms with E-state index in [1.807, 2.05) is 20.8 Å². The molecule has 0 radical (unpaired) electrons. The van der Waals surface area contributed by atoms with Crippen LogP contribution in [0.15, 0.2) is 24.3 Å². The lowest BCUT2D eigenvalue weighted by molar-refractivity contribution is -0.125. The Kier molecular flexibility index (Phi) is 5.46. The van der Waals surface area contributed by atoms with Crippen molar-refractivity contribution in [1.29, 1.82) is 0 Å². The lowest BCUT2D eigenvalue weighted by Crippen LogP contribution is -2.42. The molecule has 6 nitrogen and oxygen atoms in total. The van der Waals surface area contributed by atoms with Gasteiger partial charge in [-0.3, -0.25) is 9.59 Å². The summed E-state index contributed by atoms with van der Waals surface area (Å²) in [6.45, 7) is 6.54. The van der Waals surface area contributed by atoms with E-state index < -0.39 is 5.97 Å². The average Bonchev–Trinajstić information content (AvgIpc) is 2.33. The monoisotopic (exact) mass is 292 g/mol. The first-order valence-electron chi connectivity index (χ1n) is 6.53. The van der Waals surface area contributed by atoms with Crippen molar-refractivity contribution in [2.24, 2.45) is 0 Å². The minimum absolute atomic E-state index is 0.231. The second kappa shape index (κ2) is 6.88. The fourth-order valence-electron chi connectivity index (χ4n) is 1.60. The summed E-state index contributed by atoms with van der Waals surface area (Å²) in [5.41, 5.74) is 0.385. The third kappa shape index (κ3) is 6.56. The van der Waals surface area contributed by atoms with Crippen LogP contribution < -0.4 is 10.6 Å². The molecule has 0 aliphatic carbocycles. The molecule has 1 rings (SSSR count). The topological polar surface area (TPSA) is 84.5 Å². The number of benzene rings is 1. The highest BCUT2D eigenvalue weighted by Gasteiger charge is 2.16. The van der Waals surface area contributed by atoms with E-state index in [4.69, 9.17) is 4.74 Å². The molecule has 0 aliphatic rings. The van der Waals surface area contributed by atoms with E-state index in [9.17, 15) is 14.4 Å². The summed E-state index contributed by atoms with van der Waals surface area (Å²) < 4.78 is 4.93. The van der Waals surface area contributed by atoms with E-state index >= 15 is 0 Å². The SMILES string of the molecule is CC(=O)Nc1cccc(C(=O)OCC(=O)NC(C)(C)C)c1. The van der Waals surface area contributed by atoms with E-state index in [0.717, 1.165) is 0 Å². The predicted molar refractivity (Wildman–Crippen MR) is 78.9 cm³/mol. The van der Waals surface area contributed by atoms with E-state index in [2.05, 4.69) is 10.6 Å². The quantitative estimate of drug-likeness (QED) is 0.827. The number of amides is 2. The van der Waals surface area contributed by atoms with Gasteiger partial charge in [-0.15, -0.1) is 0 Å². The molecule has 0 heterocycles. The average molecular weight is 292 g/mol. The summed E-state index contributed by atoms with van der Waals surface area (Å²) in [6, 6.07) is 6.32. The molecule has 6 heteroatoms. The summed E-state index contributed by atoms with van der Waals surface area (Å²) in [5.74, 6) is -1.22. The molecule has 114 valence electrons. The van der Waals surface area contributed by atoms with E-state index in [1.54, 1.807) is 18.2 Å². The van der Waals surface area contributed by atoms with Gasteiger partial charge < -0.3 is 15.4 Å². The fraction of sp³-hybridized carbons (Fsp3) is 0.400. The Balaban J connectivity index is 2.60. The molecule has 0 aromatic heterocycles. The minimum Gasteiger partial charge on any atom is -0.452 e. The molecule has 0 unspecified atom stereocenters. The van der Waals surface area contributed by atoms with Crippen molar-refractivity contribution in [1.82, 2.24) is 5.32 Å². The van der Waals surface area contributed by atoms with Gasteiger partial charge in [-0.25, -0.2) is 4.79 Å². The van der Waals surface area contributed by atoms with Gasteiger partial charge in [0.1, 0.15) is 0 Å².